The monoisotopic (exact) mass is 263 g/mol. The Hall–Kier alpha value is -2.55. The Morgan fingerprint density at radius 1 is 1.05 bits per heavy atom. The first-order chi connectivity index (χ1) is 9.66. The fourth-order valence-electron chi connectivity index (χ4n) is 2.53. The third kappa shape index (κ3) is 2.07. The van der Waals surface area contributed by atoms with Crippen LogP contribution < -0.4 is 5.73 Å². The van der Waals surface area contributed by atoms with Crippen LogP contribution >= 0.6 is 0 Å². The van der Waals surface area contributed by atoms with Gasteiger partial charge in [-0.05, 0) is 61.9 Å². The molecule has 2 aromatic heterocycles. The summed E-state index contributed by atoms with van der Waals surface area (Å²) < 4.78 is 2.24. The largest absolute Gasteiger partial charge is 0.399 e. The fourth-order valence-corrected chi connectivity index (χ4v) is 2.53. The summed E-state index contributed by atoms with van der Waals surface area (Å²) in [6, 6.07) is 14.3. The van der Waals surface area contributed by atoms with Crippen molar-refractivity contribution in [2.24, 2.45) is 0 Å². The third-order valence-corrected chi connectivity index (χ3v) is 3.50. The number of hydrogen-bond donors (Lipinski definition) is 1. The standard InChI is InChI=1S/C17H17N3/c1-12-10-15(18)6-8-16(12)20-13(2)5-7-17(20)14-4-3-9-19-11-14/h3-11H,18H2,1-2H3. The minimum absolute atomic E-state index is 0.791. The molecule has 0 fully saturated rings. The summed E-state index contributed by atoms with van der Waals surface area (Å²) in [6.45, 7) is 4.19. The number of benzene rings is 1. The van der Waals surface area contributed by atoms with Crippen molar-refractivity contribution in [1.82, 2.24) is 9.55 Å². The first kappa shape index (κ1) is 12.5. The number of hydrogen-bond acceptors (Lipinski definition) is 2. The maximum absolute atomic E-state index is 5.85. The van der Waals surface area contributed by atoms with Gasteiger partial charge in [-0.3, -0.25) is 4.98 Å². The minimum atomic E-state index is 0.791. The molecule has 0 unspecified atom stereocenters. The van der Waals surface area contributed by atoms with E-state index < -0.39 is 0 Å². The molecule has 0 aliphatic heterocycles. The number of aryl methyl sites for hydroxylation is 2. The van der Waals surface area contributed by atoms with Crippen LogP contribution in [0.2, 0.25) is 0 Å². The summed E-state index contributed by atoms with van der Waals surface area (Å²) >= 11 is 0. The van der Waals surface area contributed by atoms with Gasteiger partial charge in [-0.15, -0.1) is 0 Å². The topological polar surface area (TPSA) is 43.8 Å². The average molecular weight is 263 g/mol. The molecule has 2 heterocycles. The van der Waals surface area contributed by atoms with Crippen molar-refractivity contribution in [3.8, 4) is 16.9 Å². The molecule has 20 heavy (non-hydrogen) atoms. The predicted octanol–water partition coefficient (Wildman–Crippen LogP) is 3.74. The molecule has 100 valence electrons. The lowest BCUT2D eigenvalue weighted by Gasteiger charge is -2.15. The lowest BCUT2D eigenvalue weighted by Crippen LogP contribution is -2.02. The molecule has 2 N–H and O–H groups in total. The van der Waals surface area contributed by atoms with Crippen LogP contribution in [0.1, 0.15) is 11.3 Å². The van der Waals surface area contributed by atoms with Gasteiger partial charge >= 0.3 is 0 Å². The zero-order valence-electron chi connectivity index (χ0n) is 11.7. The highest BCUT2D eigenvalue weighted by atomic mass is 15.0. The molecule has 0 aliphatic carbocycles. The lowest BCUT2D eigenvalue weighted by atomic mass is 10.1. The summed E-state index contributed by atoms with van der Waals surface area (Å²) in [7, 11) is 0. The molecule has 0 radical (unpaired) electrons. The molecule has 3 heteroatoms. The van der Waals surface area contributed by atoms with Gasteiger partial charge in [-0.2, -0.15) is 0 Å². The van der Waals surface area contributed by atoms with Crippen LogP contribution in [0.4, 0.5) is 5.69 Å². The van der Waals surface area contributed by atoms with E-state index in [2.05, 4.69) is 47.7 Å². The van der Waals surface area contributed by atoms with Gasteiger partial charge in [0.1, 0.15) is 0 Å². The highest BCUT2D eigenvalue weighted by Crippen LogP contribution is 2.28. The first-order valence-electron chi connectivity index (χ1n) is 6.62. The molecule has 0 saturated heterocycles. The third-order valence-electron chi connectivity index (χ3n) is 3.50. The molecule has 0 aliphatic rings. The molecule has 1 aromatic carbocycles. The van der Waals surface area contributed by atoms with E-state index >= 15 is 0 Å². The van der Waals surface area contributed by atoms with Gasteiger partial charge in [0.05, 0.1) is 5.69 Å². The fraction of sp³-hybridized carbons (Fsp3) is 0.118. The van der Waals surface area contributed by atoms with E-state index in [0.29, 0.717) is 0 Å². The maximum atomic E-state index is 5.85. The van der Waals surface area contributed by atoms with Crippen molar-refractivity contribution < 1.29 is 0 Å². The Balaban J connectivity index is 2.22. The number of anilines is 1. The highest BCUT2D eigenvalue weighted by molar-refractivity contribution is 5.65. The molecule has 3 nitrogen and oxygen atoms in total. The van der Waals surface area contributed by atoms with Crippen LogP contribution in [0, 0.1) is 13.8 Å². The molecule has 0 atom stereocenters. The summed E-state index contributed by atoms with van der Waals surface area (Å²) in [5.74, 6) is 0. The van der Waals surface area contributed by atoms with E-state index in [4.69, 9.17) is 5.73 Å². The number of aromatic nitrogens is 2. The highest BCUT2D eigenvalue weighted by Gasteiger charge is 2.11. The Bertz CT molecular complexity index is 742. The van der Waals surface area contributed by atoms with E-state index in [1.54, 1.807) is 6.20 Å². The normalized spacial score (nSPS) is 10.7. The molecule has 3 rings (SSSR count). The van der Waals surface area contributed by atoms with Gasteiger partial charge in [0.25, 0.3) is 0 Å². The number of rotatable bonds is 2. The molecule has 3 aromatic rings. The summed E-state index contributed by atoms with van der Waals surface area (Å²) in [5.41, 5.74) is 12.4. The quantitative estimate of drug-likeness (QED) is 0.716. The molecule has 0 amide bonds. The second-order valence-electron chi connectivity index (χ2n) is 4.98. The van der Waals surface area contributed by atoms with Gasteiger partial charge in [0.2, 0.25) is 0 Å². The Labute approximate surface area is 118 Å². The predicted molar refractivity (Wildman–Crippen MR) is 82.9 cm³/mol. The van der Waals surface area contributed by atoms with Crippen molar-refractivity contribution in [1.29, 1.82) is 0 Å². The van der Waals surface area contributed by atoms with E-state index in [0.717, 1.165) is 28.2 Å². The van der Waals surface area contributed by atoms with Gasteiger partial charge in [-0.25, -0.2) is 0 Å². The van der Waals surface area contributed by atoms with Crippen molar-refractivity contribution in [2.45, 2.75) is 13.8 Å². The summed E-state index contributed by atoms with van der Waals surface area (Å²) in [5, 5.41) is 0. The first-order valence-corrected chi connectivity index (χ1v) is 6.62. The number of nitrogen functional groups attached to an aromatic ring is 1. The Morgan fingerprint density at radius 3 is 2.60 bits per heavy atom. The van der Waals surface area contributed by atoms with E-state index in [9.17, 15) is 0 Å². The Morgan fingerprint density at radius 2 is 1.90 bits per heavy atom. The smallest absolute Gasteiger partial charge is 0.0546 e. The second-order valence-corrected chi connectivity index (χ2v) is 4.98. The number of nitrogens with two attached hydrogens (primary N) is 1. The van der Waals surface area contributed by atoms with Crippen LogP contribution in [0.25, 0.3) is 16.9 Å². The van der Waals surface area contributed by atoms with Crippen molar-refractivity contribution in [3.63, 3.8) is 0 Å². The second kappa shape index (κ2) is 4.85. The zero-order valence-corrected chi connectivity index (χ0v) is 11.7. The minimum Gasteiger partial charge on any atom is -0.399 e. The molecular weight excluding hydrogens is 246 g/mol. The van der Waals surface area contributed by atoms with Crippen LogP contribution in [-0.4, -0.2) is 9.55 Å². The Kier molecular flexibility index (Phi) is 3.03. The molecular formula is C17H17N3. The lowest BCUT2D eigenvalue weighted by molar-refractivity contribution is 1.01. The van der Waals surface area contributed by atoms with Crippen LogP contribution in [0.3, 0.4) is 0 Å². The molecule has 0 saturated carbocycles. The van der Waals surface area contributed by atoms with E-state index in [1.165, 1.54) is 5.69 Å². The maximum Gasteiger partial charge on any atom is 0.0546 e. The van der Waals surface area contributed by atoms with Crippen molar-refractivity contribution >= 4 is 5.69 Å². The summed E-state index contributed by atoms with van der Waals surface area (Å²) in [6.07, 6.45) is 3.68. The average Bonchev–Trinajstić information content (AvgIpc) is 2.82. The van der Waals surface area contributed by atoms with Gasteiger partial charge in [0.15, 0.2) is 0 Å². The molecule has 0 bridgehead atoms. The van der Waals surface area contributed by atoms with Crippen molar-refractivity contribution in [3.05, 3.63) is 66.1 Å². The van der Waals surface area contributed by atoms with E-state index in [-0.39, 0.29) is 0 Å². The van der Waals surface area contributed by atoms with E-state index in [1.807, 2.05) is 24.4 Å². The van der Waals surface area contributed by atoms with Gasteiger partial charge in [0, 0.05) is 35.0 Å². The van der Waals surface area contributed by atoms with Gasteiger partial charge in [-0.1, -0.05) is 0 Å². The number of nitrogens with zero attached hydrogens (tertiary/aromatic N) is 2. The zero-order chi connectivity index (χ0) is 14.1. The van der Waals surface area contributed by atoms with Crippen molar-refractivity contribution in [2.75, 3.05) is 5.73 Å². The molecule has 0 spiro atoms. The van der Waals surface area contributed by atoms with Crippen LogP contribution in [-0.2, 0) is 0 Å². The summed E-state index contributed by atoms with van der Waals surface area (Å²) in [4.78, 5) is 4.21. The SMILES string of the molecule is Cc1cc(N)ccc1-n1c(C)ccc1-c1cccnc1. The van der Waals surface area contributed by atoms with Gasteiger partial charge < -0.3 is 10.3 Å². The number of pyridine rings is 1. The van der Waals surface area contributed by atoms with Crippen LogP contribution in [0.5, 0.6) is 0 Å². The van der Waals surface area contributed by atoms with Crippen LogP contribution in [0.15, 0.2) is 54.9 Å².